The molecule has 4 unspecified atom stereocenters. The lowest BCUT2D eigenvalue weighted by molar-refractivity contribution is -0.142. The standard InChI is InChI=1S/C23H37N7O6/c1-13(2)18(30-19(32)15(24)12-31)21(34)28-16(9-6-10-27-23(25)26)20(33)29-17(22(35)36)11-14-7-4-3-5-8-14/h3-5,7-8,13,15-18,31H,6,9-12,24H2,1-2H3,(H,28,34)(H,29,33)(H,30,32)(H,35,36)(H4,25,26,27). The highest BCUT2D eigenvalue weighted by molar-refractivity contribution is 5.94. The number of carbonyl (C=O) groups excluding carboxylic acids is 3. The Hall–Kier alpha value is -3.71. The fourth-order valence-electron chi connectivity index (χ4n) is 3.23. The molecule has 11 N–H and O–H groups in total. The van der Waals surface area contributed by atoms with Crippen LogP contribution in [0.4, 0.5) is 0 Å². The third-order valence-corrected chi connectivity index (χ3v) is 5.26. The SMILES string of the molecule is CC(C)C(NC(=O)C(N)CO)C(=O)NC(CCCN=C(N)N)C(=O)NC(Cc1ccccc1)C(=O)O. The molecule has 0 radical (unpaired) electrons. The van der Waals surface area contributed by atoms with E-state index in [0.29, 0.717) is 12.0 Å². The fraction of sp³-hybridized carbons (Fsp3) is 0.522. The zero-order valence-corrected chi connectivity index (χ0v) is 20.5. The molecule has 1 rings (SSSR count). The molecule has 0 aliphatic heterocycles. The summed E-state index contributed by atoms with van der Waals surface area (Å²) >= 11 is 0. The van der Waals surface area contributed by atoms with Gasteiger partial charge in [-0.05, 0) is 24.3 Å². The number of rotatable bonds is 15. The van der Waals surface area contributed by atoms with Crippen LogP contribution in [0.3, 0.4) is 0 Å². The number of nitrogens with one attached hydrogen (secondary N) is 3. The van der Waals surface area contributed by atoms with Crippen molar-refractivity contribution < 1.29 is 29.4 Å². The van der Waals surface area contributed by atoms with Crippen LogP contribution in [-0.4, -0.2) is 77.2 Å². The number of aliphatic imine (C=N–C) groups is 1. The third-order valence-electron chi connectivity index (χ3n) is 5.26. The van der Waals surface area contributed by atoms with Crippen molar-refractivity contribution in [1.29, 1.82) is 0 Å². The average molecular weight is 508 g/mol. The minimum atomic E-state index is -1.24. The summed E-state index contributed by atoms with van der Waals surface area (Å²) in [6.45, 7) is 2.95. The largest absolute Gasteiger partial charge is 0.480 e. The number of nitrogens with two attached hydrogens (primary N) is 3. The number of guanidine groups is 1. The van der Waals surface area contributed by atoms with Crippen LogP contribution in [0, 0.1) is 5.92 Å². The number of amides is 3. The molecule has 1 aromatic carbocycles. The second-order valence-corrected chi connectivity index (χ2v) is 8.62. The van der Waals surface area contributed by atoms with Crippen molar-refractivity contribution in [3.05, 3.63) is 35.9 Å². The molecular weight excluding hydrogens is 470 g/mol. The van der Waals surface area contributed by atoms with Gasteiger partial charge in [-0.25, -0.2) is 4.79 Å². The molecule has 1 aromatic rings. The maximum absolute atomic E-state index is 13.1. The van der Waals surface area contributed by atoms with E-state index in [1.807, 2.05) is 0 Å². The highest BCUT2D eigenvalue weighted by Gasteiger charge is 2.31. The lowest BCUT2D eigenvalue weighted by atomic mass is 10.0. The topological polar surface area (TPSA) is 235 Å². The Bertz CT molecular complexity index is 905. The van der Waals surface area contributed by atoms with Crippen LogP contribution in [-0.2, 0) is 25.6 Å². The number of hydrogen-bond acceptors (Lipinski definition) is 7. The summed E-state index contributed by atoms with van der Waals surface area (Å²) in [5.41, 5.74) is 16.9. The number of aliphatic hydroxyl groups is 1. The van der Waals surface area contributed by atoms with Crippen molar-refractivity contribution in [1.82, 2.24) is 16.0 Å². The number of carboxylic acids is 1. The molecule has 0 aromatic heterocycles. The van der Waals surface area contributed by atoms with E-state index in [4.69, 9.17) is 22.3 Å². The van der Waals surface area contributed by atoms with E-state index in [9.17, 15) is 24.3 Å². The van der Waals surface area contributed by atoms with Crippen molar-refractivity contribution >= 4 is 29.7 Å². The lowest BCUT2D eigenvalue weighted by Crippen LogP contribution is -2.58. The van der Waals surface area contributed by atoms with E-state index in [2.05, 4.69) is 20.9 Å². The first-order chi connectivity index (χ1) is 17.0. The predicted octanol–water partition coefficient (Wildman–Crippen LogP) is -2.20. The molecule has 0 saturated carbocycles. The van der Waals surface area contributed by atoms with Gasteiger partial charge in [-0.3, -0.25) is 19.4 Å². The van der Waals surface area contributed by atoms with Crippen LogP contribution >= 0.6 is 0 Å². The number of aliphatic carboxylic acids is 1. The van der Waals surface area contributed by atoms with E-state index in [1.165, 1.54) is 0 Å². The summed E-state index contributed by atoms with van der Waals surface area (Å²) in [4.78, 5) is 53.8. The van der Waals surface area contributed by atoms with Crippen molar-refractivity contribution in [2.75, 3.05) is 13.2 Å². The van der Waals surface area contributed by atoms with Gasteiger partial charge in [0.1, 0.15) is 24.2 Å². The molecule has 0 saturated heterocycles. The van der Waals surface area contributed by atoms with Gasteiger partial charge in [0.2, 0.25) is 17.7 Å². The minimum absolute atomic E-state index is 0.0420. The average Bonchev–Trinajstić information content (AvgIpc) is 2.83. The van der Waals surface area contributed by atoms with Crippen LogP contribution in [0.2, 0.25) is 0 Å². The zero-order chi connectivity index (χ0) is 27.3. The van der Waals surface area contributed by atoms with Crippen LogP contribution in [0.25, 0.3) is 0 Å². The monoisotopic (exact) mass is 507 g/mol. The van der Waals surface area contributed by atoms with Crippen molar-refractivity contribution in [2.45, 2.75) is 57.3 Å². The summed E-state index contributed by atoms with van der Waals surface area (Å²) in [7, 11) is 0. The Morgan fingerprint density at radius 2 is 1.56 bits per heavy atom. The van der Waals surface area contributed by atoms with E-state index >= 15 is 0 Å². The summed E-state index contributed by atoms with van der Waals surface area (Å²) in [6.07, 6.45) is 0.446. The van der Waals surface area contributed by atoms with Gasteiger partial charge in [-0.1, -0.05) is 44.2 Å². The summed E-state index contributed by atoms with van der Waals surface area (Å²) in [5.74, 6) is -3.85. The quantitative estimate of drug-likeness (QED) is 0.0729. The highest BCUT2D eigenvalue weighted by Crippen LogP contribution is 2.08. The summed E-state index contributed by atoms with van der Waals surface area (Å²) in [5, 5.41) is 26.3. The van der Waals surface area contributed by atoms with Crippen LogP contribution < -0.4 is 33.2 Å². The Kier molecular flexibility index (Phi) is 12.9. The Labute approximate surface area is 209 Å². The molecule has 200 valence electrons. The maximum atomic E-state index is 13.1. The molecule has 4 atom stereocenters. The van der Waals surface area contributed by atoms with Crippen LogP contribution in [0.1, 0.15) is 32.3 Å². The van der Waals surface area contributed by atoms with Crippen molar-refractivity contribution in [3.63, 3.8) is 0 Å². The van der Waals surface area contributed by atoms with Gasteiger partial charge in [0, 0.05) is 13.0 Å². The van der Waals surface area contributed by atoms with E-state index in [-0.39, 0.29) is 31.3 Å². The number of hydrogen-bond donors (Lipinski definition) is 8. The molecule has 0 spiro atoms. The molecule has 0 heterocycles. The molecule has 3 amide bonds. The van der Waals surface area contributed by atoms with Crippen LogP contribution in [0.5, 0.6) is 0 Å². The molecule has 13 nitrogen and oxygen atoms in total. The predicted molar refractivity (Wildman–Crippen MR) is 133 cm³/mol. The molecule has 36 heavy (non-hydrogen) atoms. The Morgan fingerprint density at radius 3 is 2.08 bits per heavy atom. The minimum Gasteiger partial charge on any atom is -0.480 e. The van der Waals surface area contributed by atoms with Gasteiger partial charge in [0.05, 0.1) is 6.61 Å². The second-order valence-electron chi connectivity index (χ2n) is 8.62. The molecule has 0 aliphatic carbocycles. The third kappa shape index (κ3) is 10.7. The number of carbonyl (C=O) groups is 4. The Morgan fingerprint density at radius 1 is 0.944 bits per heavy atom. The highest BCUT2D eigenvalue weighted by atomic mass is 16.4. The molecule has 13 heteroatoms. The molecular formula is C23H37N7O6. The van der Waals surface area contributed by atoms with Gasteiger partial charge >= 0.3 is 5.97 Å². The Balaban J connectivity index is 3.03. The second kappa shape index (κ2) is 15.3. The van der Waals surface area contributed by atoms with Gasteiger partial charge in [0.15, 0.2) is 5.96 Å². The number of carboxylic acid groups (broad SMARTS) is 1. The van der Waals surface area contributed by atoms with E-state index in [0.717, 1.165) is 0 Å². The van der Waals surface area contributed by atoms with Crippen LogP contribution in [0.15, 0.2) is 35.3 Å². The first-order valence-electron chi connectivity index (χ1n) is 11.6. The number of nitrogens with zero attached hydrogens (tertiary/aromatic N) is 1. The van der Waals surface area contributed by atoms with Crippen molar-refractivity contribution in [3.8, 4) is 0 Å². The maximum Gasteiger partial charge on any atom is 0.326 e. The smallest absolute Gasteiger partial charge is 0.326 e. The fourth-order valence-corrected chi connectivity index (χ4v) is 3.23. The summed E-state index contributed by atoms with van der Waals surface area (Å²) < 4.78 is 0. The first kappa shape index (κ1) is 30.3. The van der Waals surface area contributed by atoms with E-state index in [1.54, 1.807) is 44.2 Å². The molecule has 0 aliphatic rings. The van der Waals surface area contributed by atoms with Crippen molar-refractivity contribution in [2.24, 2.45) is 28.1 Å². The number of aliphatic hydroxyl groups excluding tert-OH is 1. The zero-order valence-electron chi connectivity index (χ0n) is 20.5. The van der Waals surface area contributed by atoms with Gasteiger partial charge in [0.25, 0.3) is 0 Å². The van der Waals surface area contributed by atoms with E-state index < -0.39 is 54.5 Å². The normalized spacial score (nSPS) is 14.1. The molecule has 0 bridgehead atoms. The van der Waals surface area contributed by atoms with Gasteiger partial charge in [-0.15, -0.1) is 0 Å². The lowest BCUT2D eigenvalue weighted by Gasteiger charge is -2.27. The van der Waals surface area contributed by atoms with Gasteiger partial charge in [-0.2, -0.15) is 0 Å². The summed E-state index contributed by atoms with van der Waals surface area (Å²) in [6, 6.07) is 4.14. The first-order valence-corrected chi connectivity index (χ1v) is 11.6. The molecule has 0 fully saturated rings. The van der Waals surface area contributed by atoms with Gasteiger partial charge < -0.3 is 43.4 Å². The number of benzene rings is 1.